The maximum atomic E-state index is 14.2. The maximum Gasteiger partial charge on any atom is 0.338 e. The summed E-state index contributed by atoms with van der Waals surface area (Å²) in [6, 6.07) is 19.6. The van der Waals surface area contributed by atoms with Crippen molar-refractivity contribution in [1.82, 2.24) is 4.90 Å². The molecule has 1 aliphatic rings. The average Bonchev–Trinajstić information content (AvgIpc) is 3.18. The molecule has 1 fully saturated rings. The van der Waals surface area contributed by atoms with Gasteiger partial charge in [-0.15, -0.1) is 0 Å². The Labute approximate surface area is 229 Å². The molecular weight excluding hydrogens is 529 g/mol. The lowest BCUT2D eigenvalue weighted by atomic mass is 10.1. The highest BCUT2D eigenvalue weighted by Gasteiger charge is 2.39. The quantitative estimate of drug-likeness (QED) is 0.335. The molecule has 0 bridgehead atoms. The van der Waals surface area contributed by atoms with Crippen LogP contribution in [0.4, 0.5) is 15.8 Å². The number of amides is 2. The molecule has 196 valence electrons. The first-order valence-electron chi connectivity index (χ1n) is 12.0. The Morgan fingerprint density at radius 1 is 1.08 bits per heavy atom. The van der Waals surface area contributed by atoms with Gasteiger partial charge in [0.2, 0.25) is 11.8 Å². The third kappa shape index (κ3) is 6.99. The summed E-state index contributed by atoms with van der Waals surface area (Å²) in [4.78, 5) is 44.1. The first-order chi connectivity index (χ1) is 18.3. The Kier molecular flexibility index (Phi) is 9.15. The number of benzene rings is 3. The number of hydrogen-bond acceptors (Lipinski definition) is 6. The molecule has 0 spiro atoms. The molecule has 0 aromatic heterocycles. The molecule has 2 amide bonds. The fourth-order valence-corrected chi connectivity index (χ4v) is 5.08. The predicted molar refractivity (Wildman–Crippen MR) is 147 cm³/mol. The third-order valence-electron chi connectivity index (χ3n) is 5.68. The first-order valence-corrected chi connectivity index (χ1v) is 13.2. The fraction of sp³-hybridized carbons (Fsp3) is 0.214. The predicted octanol–water partition coefficient (Wildman–Crippen LogP) is 5.86. The van der Waals surface area contributed by atoms with Crippen molar-refractivity contribution in [2.75, 3.05) is 18.5 Å². The number of ether oxygens (including phenoxy) is 1. The van der Waals surface area contributed by atoms with Crippen molar-refractivity contribution in [3.05, 3.63) is 94.8 Å². The highest BCUT2D eigenvalue weighted by atomic mass is 35.5. The topological polar surface area (TPSA) is 88.1 Å². The summed E-state index contributed by atoms with van der Waals surface area (Å²) in [5.41, 5.74) is 1.96. The van der Waals surface area contributed by atoms with Gasteiger partial charge in [0, 0.05) is 23.7 Å². The number of thioether (sulfide) groups is 1. The molecule has 0 aliphatic carbocycles. The Balaban J connectivity index is 1.52. The van der Waals surface area contributed by atoms with Crippen molar-refractivity contribution in [2.24, 2.45) is 4.99 Å². The minimum Gasteiger partial charge on any atom is -0.462 e. The number of carbonyl (C=O) groups excluding carboxylic acids is 3. The minimum absolute atomic E-state index is 0.0663. The van der Waals surface area contributed by atoms with Gasteiger partial charge < -0.3 is 10.1 Å². The van der Waals surface area contributed by atoms with E-state index in [0.717, 1.165) is 0 Å². The summed E-state index contributed by atoms with van der Waals surface area (Å²) in [5, 5.41) is 3.03. The monoisotopic (exact) mass is 553 g/mol. The average molecular weight is 554 g/mol. The summed E-state index contributed by atoms with van der Waals surface area (Å²) in [5.74, 6) is -1.39. The van der Waals surface area contributed by atoms with Gasteiger partial charge >= 0.3 is 5.97 Å². The second-order valence-corrected chi connectivity index (χ2v) is 9.97. The minimum atomic E-state index is -0.694. The zero-order chi connectivity index (χ0) is 27.1. The highest BCUT2D eigenvalue weighted by molar-refractivity contribution is 8.15. The van der Waals surface area contributed by atoms with E-state index in [0.29, 0.717) is 32.7 Å². The number of hydrogen-bond donors (Lipinski definition) is 1. The Morgan fingerprint density at radius 2 is 1.79 bits per heavy atom. The molecule has 0 radical (unpaired) electrons. The van der Waals surface area contributed by atoms with Gasteiger partial charge in [-0.1, -0.05) is 41.6 Å². The van der Waals surface area contributed by atoms with Crippen LogP contribution in [0.15, 0.2) is 77.8 Å². The van der Waals surface area contributed by atoms with E-state index < -0.39 is 11.2 Å². The number of aliphatic imine (C=N–C) groups is 1. The lowest BCUT2D eigenvalue weighted by Gasteiger charge is -2.17. The molecule has 1 saturated heterocycles. The number of anilines is 1. The van der Waals surface area contributed by atoms with Crippen LogP contribution >= 0.6 is 23.4 Å². The Hall–Kier alpha value is -3.69. The maximum absolute atomic E-state index is 14.2. The van der Waals surface area contributed by atoms with Gasteiger partial charge in [-0.3, -0.25) is 14.5 Å². The molecule has 1 heterocycles. The number of amidine groups is 1. The zero-order valence-corrected chi connectivity index (χ0v) is 22.1. The van der Waals surface area contributed by atoms with E-state index in [1.807, 2.05) is 0 Å². The third-order valence-corrected chi connectivity index (χ3v) is 7.11. The van der Waals surface area contributed by atoms with Gasteiger partial charge in [0.25, 0.3) is 0 Å². The summed E-state index contributed by atoms with van der Waals surface area (Å²) < 4.78 is 19.2. The van der Waals surface area contributed by atoms with Crippen LogP contribution in [0.2, 0.25) is 5.02 Å². The number of halogens is 2. The van der Waals surface area contributed by atoms with Gasteiger partial charge in [-0.25, -0.2) is 14.2 Å². The van der Waals surface area contributed by atoms with Crippen LogP contribution in [0, 0.1) is 5.82 Å². The van der Waals surface area contributed by atoms with E-state index in [-0.39, 0.29) is 43.6 Å². The lowest BCUT2D eigenvalue weighted by Crippen LogP contribution is -2.35. The van der Waals surface area contributed by atoms with Crippen molar-refractivity contribution in [1.29, 1.82) is 0 Å². The number of esters is 1. The van der Waals surface area contributed by atoms with Gasteiger partial charge in [-0.05, 0) is 73.5 Å². The molecule has 4 rings (SSSR count). The van der Waals surface area contributed by atoms with E-state index in [9.17, 15) is 18.8 Å². The van der Waals surface area contributed by atoms with E-state index in [2.05, 4.69) is 10.3 Å². The molecule has 38 heavy (non-hydrogen) atoms. The van der Waals surface area contributed by atoms with E-state index in [4.69, 9.17) is 16.3 Å². The first kappa shape index (κ1) is 27.3. The number of nitrogens with zero attached hydrogens (tertiary/aromatic N) is 2. The van der Waals surface area contributed by atoms with E-state index in [1.54, 1.807) is 73.7 Å². The van der Waals surface area contributed by atoms with Crippen molar-refractivity contribution in [3.8, 4) is 0 Å². The van der Waals surface area contributed by atoms with Gasteiger partial charge in [0.1, 0.15) is 11.1 Å². The summed E-state index contributed by atoms with van der Waals surface area (Å²) in [6.07, 6.45) is 0.215. The second kappa shape index (κ2) is 12.7. The molecule has 10 heteroatoms. The summed E-state index contributed by atoms with van der Waals surface area (Å²) >= 11 is 7.08. The highest BCUT2D eigenvalue weighted by Crippen LogP contribution is 2.32. The smallest absolute Gasteiger partial charge is 0.338 e. The van der Waals surface area contributed by atoms with Gasteiger partial charge in [0.15, 0.2) is 5.17 Å². The van der Waals surface area contributed by atoms with Crippen LogP contribution in [0.3, 0.4) is 0 Å². The molecule has 1 atom stereocenters. The van der Waals surface area contributed by atoms with Gasteiger partial charge in [0.05, 0.1) is 17.9 Å². The van der Waals surface area contributed by atoms with Crippen LogP contribution in [0.1, 0.15) is 29.3 Å². The normalized spacial score (nSPS) is 16.1. The van der Waals surface area contributed by atoms with E-state index in [1.165, 1.54) is 22.7 Å². The second-order valence-electron chi connectivity index (χ2n) is 8.36. The zero-order valence-electron chi connectivity index (χ0n) is 20.5. The lowest BCUT2D eigenvalue weighted by molar-refractivity contribution is -0.128. The van der Waals surface area contributed by atoms with Crippen molar-refractivity contribution < 1.29 is 23.5 Å². The summed E-state index contributed by atoms with van der Waals surface area (Å²) in [7, 11) is 0. The Bertz CT molecular complexity index is 1350. The van der Waals surface area contributed by atoms with Crippen molar-refractivity contribution in [2.45, 2.75) is 25.0 Å². The van der Waals surface area contributed by atoms with E-state index >= 15 is 0 Å². The van der Waals surface area contributed by atoms with Crippen molar-refractivity contribution >= 4 is 57.7 Å². The van der Waals surface area contributed by atoms with Crippen LogP contribution in [-0.4, -0.2) is 46.3 Å². The standard InChI is InChI=1S/C28H25ClFN3O4S/c1-2-37-27(36)19-7-11-22(12-8-19)32-28-33(16-15-18-5-3-4-6-23(18)30)26(35)24(38-28)17-25(34)31-21-13-9-20(29)10-14-21/h3-14,24H,2,15-17H2,1H3,(H,31,34)/t24-/m0/s1. The summed E-state index contributed by atoms with van der Waals surface area (Å²) in [6.45, 7) is 2.20. The number of carbonyl (C=O) groups is 3. The van der Waals surface area contributed by atoms with Gasteiger partial charge in [-0.2, -0.15) is 0 Å². The Morgan fingerprint density at radius 3 is 2.47 bits per heavy atom. The number of rotatable bonds is 9. The molecule has 1 aliphatic heterocycles. The number of nitrogens with one attached hydrogen (secondary N) is 1. The molecule has 0 unspecified atom stereocenters. The van der Waals surface area contributed by atoms with Crippen LogP contribution in [0.25, 0.3) is 0 Å². The van der Waals surface area contributed by atoms with Crippen LogP contribution < -0.4 is 5.32 Å². The molecule has 3 aromatic carbocycles. The molecule has 0 saturated carbocycles. The SMILES string of the molecule is CCOC(=O)c1ccc(N=C2S[C@@H](CC(=O)Nc3ccc(Cl)cc3)C(=O)N2CCc2ccccc2F)cc1. The van der Waals surface area contributed by atoms with Crippen molar-refractivity contribution in [3.63, 3.8) is 0 Å². The van der Waals surface area contributed by atoms with Crippen LogP contribution in [0.5, 0.6) is 0 Å². The fourth-order valence-electron chi connectivity index (χ4n) is 3.77. The largest absolute Gasteiger partial charge is 0.462 e. The molecule has 3 aromatic rings. The van der Waals surface area contributed by atoms with Crippen LogP contribution in [-0.2, 0) is 20.7 Å². The molecule has 7 nitrogen and oxygen atoms in total. The molecule has 1 N–H and O–H groups in total. The molecular formula is C28H25ClFN3O4S.